The molecule has 2 bridgehead atoms. The molecule has 2 aliphatic heterocycles. The molecule has 1 aromatic carbocycles. The lowest BCUT2D eigenvalue weighted by molar-refractivity contribution is -0.173. The van der Waals surface area contributed by atoms with E-state index in [1.807, 2.05) is 30.3 Å². The van der Waals surface area contributed by atoms with E-state index >= 15 is 0 Å². The minimum atomic E-state index is -1.10. The van der Waals surface area contributed by atoms with Gasteiger partial charge >= 0.3 is 5.97 Å². The predicted octanol–water partition coefficient (Wildman–Crippen LogP) is 0.223. The first kappa shape index (κ1) is 12.1. The van der Waals surface area contributed by atoms with E-state index in [0.29, 0.717) is 6.54 Å². The monoisotopic (exact) mass is 263 g/mol. The Balaban J connectivity index is 1.75. The van der Waals surface area contributed by atoms with E-state index in [2.05, 4.69) is 0 Å². The Morgan fingerprint density at radius 1 is 1.32 bits per heavy atom. The number of morpholine rings is 1. The number of amides is 1. The van der Waals surface area contributed by atoms with Crippen molar-refractivity contribution in [3.63, 3.8) is 0 Å². The lowest BCUT2D eigenvalue weighted by Crippen LogP contribution is -2.48. The van der Waals surface area contributed by atoms with Crippen molar-refractivity contribution in [2.24, 2.45) is 0 Å². The molecule has 6 nitrogen and oxygen atoms in total. The lowest BCUT2D eigenvalue weighted by Gasteiger charge is -2.30. The molecule has 100 valence electrons. The zero-order valence-electron chi connectivity index (χ0n) is 10.1. The Labute approximate surface area is 109 Å². The fourth-order valence-electron chi connectivity index (χ4n) is 2.36. The third kappa shape index (κ3) is 2.20. The number of nitrogens with zero attached hydrogens (tertiary/aromatic N) is 1. The zero-order valence-corrected chi connectivity index (χ0v) is 10.1. The van der Waals surface area contributed by atoms with Gasteiger partial charge < -0.3 is 19.5 Å². The highest BCUT2D eigenvalue weighted by Crippen LogP contribution is 2.27. The van der Waals surface area contributed by atoms with Gasteiger partial charge in [0.15, 0.2) is 6.10 Å². The third-order valence-electron chi connectivity index (χ3n) is 3.28. The highest BCUT2D eigenvalue weighted by Gasteiger charge is 2.50. The summed E-state index contributed by atoms with van der Waals surface area (Å²) in [6, 6.07) is 9.52. The fraction of sp³-hybridized carbons (Fsp3) is 0.385. The number of carboxylic acid groups (broad SMARTS) is 1. The quantitative estimate of drug-likeness (QED) is 0.844. The van der Waals surface area contributed by atoms with Crippen LogP contribution in [-0.4, -0.2) is 46.9 Å². The average molecular weight is 263 g/mol. The van der Waals surface area contributed by atoms with Crippen LogP contribution in [0.3, 0.4) is 0 Å². The number of carbonyl (C=O) groups excluding carboxylic acids is 1. The SMILES string of the molecule is O=C(O)[C@@H]1O[C@H]2O[C@H]1CN(Cc1ccccc1)C2=O. The topological polar surface area (TPSA) is 76.1 Å². The van der Waals surface area contributed by atoms with Crippen molar-refractivity contribution in [1.82, 2.24) is 4.90 Å². The van der Waals surface area contributed by atoms with E-state index in [4.69, 9.17) is 14.6 Å². The molecule has 6 heteroatoms. The Hall–Kier alpha value is -1.92. The molecule has 0 radical (unpaired) electrons. The maximum absolute atomic E-state index is 12.0. The average Bonchev–Trinajstić information content (AvgIpc) is 2.77. The number of hydrogen-bond donors (Lipinski definition) is 1. The van der Waals surface area contributed by atoms with Gasteiger partial charge in [-0.05, 0) is 5.56 Å². The van der Waals surface area contributed by atoms with Gasteiger partial charge in [-0.1, -0.05) is 30.3 Å². The molecule has 0 unspecified atom stereocenters. The number of carboxylic acids is 1. The lowest BCUT2D eigenvalue weighted by atomic mass is 10.1. The molecule has 0 spiro atoms. The maximum Gasteiger partial charge on any atom is 0.335 e. The minimum Gasteiger partial charge on any atom is -0.479 e. The van der Waals surface area contributed by atoms with Gasteiger partial charge in [0, 0.05) is 6.54 Å². The molecule has 0 saturated carbocycles. The molecular formula is C13H13NO5. The molecule has 0 aromatic heterocycles. The van der Waals surface area contributed by atoms with E-state index in [9.17, 15) is 9.59 Å². The number of rotatable bonds is 3. The van der Waals surface area contributed by atoms with Crippen molar-refractivity contribution >= 4 is 11.9 Å². The summed E-state index contributed by atoms with van der Waals surface area (Å²) < 4.78 is 10.4. The molecule has 2 heterocycles. The summed E-state index contributed by atoms with van der Waals surface area (Å²) in [5, 5.41) is 8.99. The van der Waals surface area contributed by atoms with Gasteiger partial charge in [0.2, 0.25) is 6.29 Å². The van der Waals surface area contributed by atoms with Crippen LogP contribution in [0.5, 0.6) is 0 Å². The molecule has 0 aliphatic carbocycles. The van der Waals surface area contributed by atoms with Crippen LogP contribution in [-0.2, 0) is 25.6 Å². The molecule has 1 amide bonds. The van der Waals surface area contributed by atoms with E-state index in [-0.39, 0.29) is 12.5 Å². The largest absolute Gasteiger partial charge is 0.479 e. The molecule has 2 saturated heterocycles. The van der Waals surface area contributed by atoms with Crippen molar-refractivity contribution in [3.8, 4) is 0 Å². The standard InChI is InChI=1S/C13H13NO5/c15-11-13-18-9(10(19-13)12(16)17)7-14(11)6-8-4-2-1-3-5-8/h1-5,9-10,13H,6-7H2,(H,16,17)/t9-,10+,13+/m0/s1. The Bertz CT molecular complexity index is 503. The van der Waals surface area contributed by atoms with Crippen LogP contribution >= 0.6 is 0 Å². The summed E-state index contributed by atoms with van der Waals surface area (Å²) in [5.74, 6) is -1.41. The Morgan fingerprint density at radius 3 is 2.74 bits per heavy atom. The van der Waals surface area contributed by atoms with E-state index in [1.165, 1.54) is 0 Å². The number of ether oxygens (including phenoxy) is 2. The van der Waals surface area contributed by atoms with E-state index < -0.39 is 24.5 Å². The first-order chi connectivity index (χ1) is 9.15. The third-order valence-corrected chi connectivity index (χ3v) is 3.28. The molecule has 2 aliphatic rings. The first-order valence-electron chi connectivity index (χ1n) is 6.01. The molecule has 3 rings (SSSR count). The van der Waals surface area contributed by atoms with Gasteiger partial charge in [0.1, 0.15) is 6.10 Å². The maximum atomic E-state index is 12.0. The summed E-state index contributed by atoms with van der Waals surface area (Å²) >= 11 is 0. The fourth-order valence-corrected chi connectivity index (χ4v) is 2.36. The first-order valence-corrected chi connectivity index (χ1v) is 6.01. The van der Waals surface area contributed by atoms with Crippen LogP contribution in [0.25, 0.3) is 0 Å². The number of hydrogen-bond acceptors (Lipinski definition) is 4. The van der Waals surface area contributed by atoms with Gasteiger partial charge in [-0.15, -0.1) is 0 Å². The molecule has 1 aromatic rings. The van der Waals surface area contributed by atoms with E-state index in [0.717, 1.165) is 5.56 Å². The van der Waals surface area contributed by atoms with Gasteiger partial charge in [-0.3, -0.25) is 4.79 Å². The van der Waals surface area contributed by atoms with Gasteiger partial charge in [0.25, 0.3) is 5.91 Å². The number of carbonyl (C=O) groups is 2. The highest BCUT2D eigenvalue weighted by atomic mass is 16.7. The molecule has 2 fully saturated rings. The summed E-state index contributed by atoms with van der Waals surface area (Å²) in [6.45, 7) is 0.674. The summed E-state index contributed by atoms with van der Waals surface area (Å²) in [6.07, 6.45) is -2.73. The smallest absolute Gasteiger partial charge is 0.335 e. The van der Waals surface area contributed by atoms with Crippen molar-refractivity contribution in [2.45, 2.75) is 25.0 Å². The van der Waals surface area contributed by atoms with Crippen LogP contribution in [0.2, 0.25) is 0 Å². The Morgan fingerprint density at radius 2 is 2.05 bits per heavy atom. The van der Waals surface area contributed by atoms with Gasteiger partial charge in [-0.25, -0.2) is 4.79 Å². The summed E-state index contributed by atoms with van der Waals surface area (Å²) in [7, 11) is 0. The highest BCUT2D eigenvalue weighted by molar-refractivity contribution is 5.83. The van der Waals surface area contributed by atoms with Gasteiger partial charge in [-0.2, -0.15) is 0 Å². The van der Waals surface area contributed by atoms with E-state index in [1.54, 1.807) is 4.90 Å². The van der Waals surface area contributed by atoms with Crippen LogP contribution < -0.4 is 0 Å². The van der Waals surface area contributed by atoms with Gasteiger partial charge in [0.05, 0.1) is 6.54 Å². The Kier molecular flexibility index (Phi) is 2.96. The van der Waals surface area contributed by atoms with Crippen LogP contribution in [0.1, 0.15) is 5.56 Å². The second kappa shape index (κ2) is 4.64. The summed E-state index contributed by atoms with van der Waals surface area (Å²) in [4.78, 5) is 24.6. The van der Waals surface area contributed by atoms with Crippen molar-refractivity contribution in [2.75, 3.05) is 6.54 Å². The van der Waals surface area contributed by atoms with Crippen molar-refractivity contribution < 1.29 is 24.2 Å². The van der Waals surface area contributed by atoms with Crippen molar-refractivity contribution in [3.05, 3.63) is 35.9 Å². The second-order valence-corrected chi connectivity index (χ2v) is 4.61. The number of benzene rings is 1. The summed E-state index contributed by atoms with van der Waals surface area (Å²) in [5.41, 5.74) is 0.990. The van der Waals surface area contributed by atoms with Crippen molar-refractivity contribution in [1.29, 1.82) is 0 Å². The number of aliphatic carboxylic acids is 1. The van der Waals surface area contributed by atoms with Crippen LogP contribution in [0.15, 0.2) is 30.3 Å². The zero-order chi connectivity index (χ0) is 13.4. The molecule has 1 N–H and O–H groups in total. The normalized spacial score (nSPS) is 29.6. The molecule has 19 heavy (non-hydrogen) atoms. The minimum absolute atomic E-state index is 0.237. The van der Waals surface area contributed by atoms with Crippen LogP contribution in [0.4, 0.5) is 0 Å². The molecular weight excluding hydrogens is 250 g/mol. The number of fused-ring (bicyclic) bond motifs is 2. The predicted molar refractivity (Wildman–Crippen MR) is 63.0 cm³/mol. The molecule has 3 atom stereocenters. The second-order valence-electron chi connectivity index (χ2n) is 4.61. The van der Waals surface area contributed by atoms with Crippen LogP contribution in [0, 0.1) is 0 Å².